The summed E-state index contributed by atoms with van der Waals surface area (Å²) >= 11 is 5.82. The lowest BCUT2D eigenvalue weighted by Crippen LogP contribution is -2.40. The lowest BCUT2D eigenvalue weighted by molar-refractivity contribution is 0.258. The molecule has 0 saturated carbocycles. The first-order valence-corrected chi connectivity index (χ1v) is 6.11. The van der Waals surface area contributed by atoms with Gasteiger partial charge in [-0.1, -0.05) is 20.8 Å². The summed E-state index contributed by atoms with van der Waals surface area (Å²) in [5.41, 5.74) is 0.202. The zero-order chi connectivity index (χ0) is 12.2. The Balaban J connectivity index is 2.54. The number of nitrogens with zero attached hydrogens (tertiary/aromatic N) is 3. The van der Waals surface area contributed by atoms with Crippen LogP contribution in [0.25, 0.3) is 0 Å². The van der Waals surface area contributed by atoms with Crippen LogP contribution in [-0.2, 0) is 13.6 Å². The highest BCUT2D eigenvalue weighted by Gasteiger charge is 2.23. The Bertz CT molecular complexity index is 316. The van der Waals surface area contributed by atoms with Crippen molar-refractivity contribution in [3.05, 3.63) is 12.2 Å². The predicted octanol–water partition coefficient (Wildman–Crippen LogP) is 1.95. The van der Waals surface area contributed by atoms with Crippen LogP contribution in [0.1, 0.15) is 33.0 Å². The minimum atomic E-state index is 0.202. The van der Waals surface area contributed by atoms with Crippen molar-refractivity contribution in [2.75, 3.05) is 5.88 Å². The van der Waals surface area contributed by atoms with E-state index in [1.165, 1.54) is 0 Å². The Kier molecular flexibility index (Phi) is 4.74. The molecule has 1 rings (SSSR count). The van der Waals surface area contributed by atoms with Crippen molar-refractivity contribution < 1.29 is 0 Å². The van der Waals surface area contributed by atoms with E-state index in [1.807, 2.05) is 7.05 Å². The quantitative estimate of drug-likeness (QED) is 0.806. The van der Waals surface area contributed by atoms with E-state index in [0.717, 1.165) is 18.8 Å². The molecule has 0 aromatic carbocycles. The van der Waals surface area contributed by atoms with Gasteiger partial charge in [0.25, 0.3) is 0 Å². The molecule has 0 fully saturated rings. The zero-order valence-corrected chi connectivity index (χ0v) is 11.3. The van der Waals surface area contributed by atoms with Crippen LogP contribution in [0.3, 0.4) is 0 Å². The van der Waals surface area contributed by atoms with Crippen LogP contribution in [0, 0.1) is 5.41 Å². The zero-order valence-electron chi connectivity index (χ0n) is 10.5. The summed E-state index contributed by atoms with van der Waals surface area (Å²) in [7, 11) is 1.90. The van der Waals surface area contributed by atoms with Crippen molar-refractivity contribution >= 4 is 11.6 Å². The lowest BCUT2D eigenvalue weighted by atomic mass is 9.85. The van der Waals surface area contributed by atoms with Gasteiger partial charge in [0.2, 0.25) is 0 Å². The van der Waals surface area contributed by atoms with Gasteiger partial charge in [0.1, 0.15) is 12.2 Å². The number of aryl methyl sites for hydroxylation is 1. The van der Waals surface area contributed by atoms with Gasteiger partial charge in [-0.05, 0) is 11.8 Å². The Hall–Kier alpha value is -0.610. The van der Waals surface area contributed by atoms with Crippen molar-refractivity contribution in [3.63, 3.8) is 0 Å². The molecule has 0 radical (unpaired) electrons. The highest BCUT2D eigenvalue weighted by molar-refractivity contribution is 6.17. The number of alkyl halides is 1. The normalized spacial score (nSPS) is 14.1. The van der Waals surface area contributed by atoms with Gasteiger partial charge in [0.15, 0.2) is 0 Å². The Morgan fingerprint density at radius 1 is 1.50 bits per heavy atom. The average molecular weight is 245 g/mol. The van der Waals surface area contributed by atoms with Gasteiger partial charge in [-0.15, -0.1) is 11.6 Å². The fourth-order valence-electron chi connectivity index (χ4n) is 1.65. The van der Waals surface area contributed by atoms with Crippen LogP contribution in [0.4, 0.5) is 0 Å². The molecular formula is C11H21ClN4. The van der Waals surface area contributed by atoms with Crippen LogP contribution in [0.15, 0.2) is 6.33 Å². The first kappa shape index (κ1) is 13.5. The molecule has 1 aromatic rings. The van der Waals surface area contributed by atoms with Crippen molar-refractivity contribution in [1.29, 1.82) is 0 Å². The van der Waals surface area contributed by atoms with Crippen LogP contribution in [0.2, 0.25) is 0 Å². The van der Waals surface area contributed by atoms with Crippen LogP contribution in [0.5, 0.6) is 0 Å². The largest absolute Gasteiger partial charge is 0.306 e. The van der Waals surface area contributed by atoms with Gasteiger partial charge in [-0.25, -0.2) is 4.98 Å². The minimum Gasteiger partial charge on any atom is -0.306 e. The average Bonchev–Trinajstić information content (AvgIpc) is 2.57. The van der Waals surface area contributed by atoms with Gasteiger partial charge in [-0.3, -0.25) is 4.68 Å². The molecular weight excluding hydrogens is 224 g/mol. The van der Waals surface area contributed by atoms with E-state index in [-0.39, 0.29) is 5.41 Å². The summed E-state index contributed by atoms with van der Waals surface area (Å²) in [6.07, 6.45) is 2.54. The summed E-state index contributed by atoms with van der Waals surface area (Å²) in [5.74, 6) is 1.62. The third-order valence-corrected chi connectivity index (χ3v) is 2.97. The summed E-state index contributed by atoms with van der Waals surface area (Å²) in [6.45, 7) is 7.38. The Labute approximate surface area is 102 Å². The maximum absolute atomic E-state index is 5.82. The molecule has 92 valence electrons. The fraction of sp³-hybridized carbons (Fsp3) is 0.818. The fourth-order valence-corrected chi connectivity index (χ4v) is 1.86. The topological polar surface area (TPSA) is 42.7 Å². The first-order valence-electron chi connectivity index (χ1n) is 5.57. The van der Waals surface area contributed by atoms with Gasteiger partial charge in [0, 0.05) is 19.0 Å². The minimum absolute atomic E-state index is 0.202. The molecule has 1 aromatic heterocycles. The molecule has 0 amide bonds. The van der Waals surface area contributed by atoms with E-state index in [2.05, 4.69) is 36.2 Å². The molecule has 1 atom stereocenters. The number of hydrogen-bond acceptors (Lipinski definition) is 3. The molecule has 5 heteroatoms. The second kappa shape index (κ2) is 5.64. The first-order chi connectivity index (χ1) is 7.45. The van der Waals surface area contributed by atoms with E-state index in [1.54, 1.807) is 11.0 Å². The lowest BCUT2D eigenvalue weighted by Gasteiger charge is -2.31. The standard InChI is InChI=1S/C11H21ClN4/c1-11(2,3)9(5-6-12)13-7-10-14-8-15-16(10)4/h8-9,13H,5-7H2,1-4H3. The molecule has 4 nitrogen and oxygen atoms in total. The molecule has 16 heavy (non-hydrogen) atoms. The number of nitrogens with one attached hydrogen (secondary N) is 1. The molecule has 1 heterocycles. The Morgan fingerprint density at radius 3 is 2.62 bits per heavy atom. The van der Waals surface area contributed by atoms with E-state index in [4.69, 9.17) is 11.6 Å². The molecule has 1 unspecified atom stereocenters. The second-order valence-corrected chi connectivity index (χ2v) is 5.46. The van der Waals surface area contributed by atoms with Gasteiger partial charge < -0.3 is 5.32 Å². The summed E-state index contributed by atoms with van der Waals surface area (Å²) in [5, 5.41) is 7.54. The summed E-state index contributed by atoms with van der Waals surface area (Å²) in [6, 6.07) is 0.390. The van der Waals surface area contributed by atoms with Crippen LogP contribution >= 0.6 is 11.6 Å². The van der Waals surface area contributed by atoms with E-state index in [9.17, 15) is 0 Å². The third kappa shape index (κ3) is 3.76. The highest BCUT2D eigenvalue weighted by Crippen LogP contribution is 2.22. The number of rotatable bonds is 5. The maximum Gasteiger partial charge on any atom is 0.140 e. The Morgan fingerprint density at radius 2 is 2.19 bits per heavy atom. The molecule has 0 saturated heterocycles. The molecule has 0 aliphatic heterocycles. The maximum atomic E-state index is 5.82. The van der Waals surface area contributed by atoms with Crippen LogP contribution in [-0.4, -0.2) is 26.7 Å². The van der Waals surface area contributed by atoms with E-state index >= 15 is 0 Å². The number of hydrogen-bond donors (Lipinski definition) is 1. The second-order valence-electron chi connectivity index (χ2n) is 5.08. The molecule has 0 spiro atoms. The van der Waals surface area contributed by atoms with Gasteiger partial charge in [-0.2, -0.15) is 5.10 Å². The van der Waals surface area contributed by atoms with Crippen molar-refractivity contribution in [1.82, 2.24) is 20.1 Å². The molecule has 1 N–H and O–H groups in total. The van der Waals surface area contributed by atoms with E-state index < -0.39 is 0 Å². The van der Waals surface area contributed by atoms with Gasteiger partial charge in [0.05, 0.1) is 6.54 Å². The monoisotopic (exact) mass is 244 g/mol. The molecule has 0 aliphatic rings. The van der Waals surface area contributed by atoms with Crippen LogP contribution < -0.4 is 5.32 Å². The molecule has 0 bridgehead atoms. The number of halogens is 1. The van der Waals surface area contributed by atoms with Crippen molar-refractivity contribution in [2.45, 2.75) is 39.8 Å². The van der Waals surface area contributed by atoms with Gasteiger partial charge >= 0.3 is 0 Å². The smallest absolute Gasteiger partial charge is 0.140 e. The highest BCUT2D eigenvalue weighted by atomic mass is 35.5. The van der Waals surface area contributed by atoms with Crippen molar-refractivity contribution in [2.24, 2.45) is 12.5 Å². The molecule has 0 aliphatic carbocycles. The summed E-state index contributed by atoms with van der Waals surface area (Å²) < 4.78 is 1.79. The number of aromatic nitrogens is 3. The third-order valence-electron chi connectivity index (χ3n) is 2.75. The summed E-state index contributed by atoms with van der Waals surface area (Å²) in [4.78, 5) is 4.19. The predicted molar refractivity (Wildman–Crippen MR) is 66.4 cm³/mol. The van der Waals surface area contributed by atoms with E-state index in [0.29, 0.717) is 11.9 Å². The SMILES string of the molecule is Cn1ncnc1CNC(CCCl)C(C)(C)C. The van der Waals surface area contributed by atoms with Crippen molar-refractivity contribution in [3.8, 4) is 0 Å².